The molecule has 16 heteroatoms. The molecule has 0 saturated carbocycles. The summed E-state index contributed by atoms with van der Waals surface area (Å²) >= 11 is 7.00. The molecule has 0 radical (unpaired) electrons. The number of piperidine rings is 1. The van der Waals surface area contributed by atoms with Crippen molar-refractivity contribution >= 4 is 63.3 Å². The van der Waals surface area contributed by atoms with Crippen LogP contribution in [0.2, 0.25) is 5.02 Å². The van der Waals surface area contributed by atoms with Crippen LogP contribution < -0.4 is 14.8 Å². The number of nitrogens with one attached hydrogen (secondary N) is 1. The van der Waals surface area contributed by atoms with Crippen LogP contribution in [0.25, 0.3) is 32.8 Å². The standard InChI is InChI=1S/C36H42ClN5O3.C15H14N2O5/c1-23-22-39(4)17-18-41(23)19-20-42-34-29(15-16-30(37)33(34)32-24(2)38-40(5)25(32)3)28(35(42)36(43)44)13-9-21-45-31-14-8-11-26-10-6-7-12-27(26)31;18-6-7-22-12-3-1-2-9-10(12)8-17(15(9)21)11-4-5-13(19)16-14(11)20/h6-8,10-12,14-16,23H,9,13,17-22H2,1-5H3,(H,43,44);1-3,6,11H,4-5,7-8H2,(H,16,19,20). The Bertz CT molecular complexity index is 2880. The number of hydrogen-bond acceptors (Lipinski definition) is 10. The lowest BCUT2D eigenvalue weighted by Gasteiger charge is -2.38. The van der Waals surface area contributed by atoms with Crippen molar-refractivity contribution < 1.29 is 38.6 Å². The SMILES string of the molecule is Cc1nn(C)c(C)c1-c1c(Cl)ccc2c(CCCOc3cccc4ccccc34)c(C(=O)O)n(CCN3CCN(C)CC3C)c12.O=CCOc1cccc2c1CN(C1CCC(=O)NC1=O)C2=O. The van der Waals surface area contributed by atoms with Gasteiger partial charge in [-0.25, -0.2) is 4.79 Å². The van der Waals surface area contributed by atoms with E-state index in [9.17, 15) is 29.1 Å². The normalized spacial score (nSPS) is 17.6. The Morgan fingerprint density at radius 3 is 2.42 bits per heavy atom. The summed E-state index contributed by atoms with van der Waals surface area (Å²) in [6.45, 7) is 11.1. The number of carboxylic acids is 1. The predicted molar refractivity (Wildman–Crippen MR) is 256 cm³/mol. The summed E-state index contributed by atoms with van der Waals surface area (Å²) in [4.78, 5) is 65.5. The lowest BCUT2D eigenvalue weighted by Crippen LogP contribution is -2.52. The highest BCUT2D eigenvalue weighted by atomic mass is 35.5. The summed E-state index contributed by atoms with van der Waals surface area (Å²) in [5.41, 5.74) is 6.82. The lowest BCUT2D eigenvalue weighted by molar-refractivity contribution is -0.137. The first-order chi connectivity index (χ1) is 32.3. The fraction of sp³-hybridized carbons (Fsp3) is 0.373. The minimum atomic E-state index is -0.927. The minimum Gasteiger partial charge on any atom is -0.493 e. The van der Waals surface area contributed by atoms with E-state index in [0.717, 1.165) is 81.7 Å². The number of rotatable bonds is 14. The number of halogens is 1. The molecule has 67 heavy (non-hydrogen) atoms. The second-order valence-electron chi connectivity index (χ2n) is 17.5. The third-order valence-corrected chi connectivity index (χ3v) is 13.6. The van der Waals surface area contributed by atoms with Crippen LogP contribution >= 0.6 is 11.6 Å². The van der Waals surface area contributed by atoms with Gasteiger partial charge in [-0.1, -0.05) is 60.1 Å². The Kier molecular flexibility index (Phi) is 14.1. The number of aryl methyl sites for hydroxylation is 3. The number of carboxylic acid groups (broad SMARTS) is 1. The van der Waals surface area contributed by atoms with Gasteiger partial charge in [-0.3, -0.25) is 34.1 Å². The van der Waals surface area contributed by atoms with Crippen LogP contribution in [0, 0.1) is 13.8 Å². The van der Waals surface area contributed by atoms with E-state index in [1.807, 2.05) is 66.5 Å². The van der Waals surface area contributed by atoms with Crippen molar-refractivity contribution in [2.75, 3.05) is 46.4 Å². The van der Waals surface area contributed by atoms with Gasteiger partial charge >= 0.3 is 5.97 Å². The number of nitrogens with zero attached hydrogens (tertiary/aromatic N) is 6. The quantitative estimate of drug-likeness (QED) is 0.0667. The zero-order chi connectivity index (χ0) is 47.5. The number of fused-ring (bicyclic) bond motifs is 3. The van der Waals surface area contributed by atoms with E-state index in [-0.39, 0.29) is 31.4 Å². The molecule has 6 aromatic rings. The maximum atomic E-state index is 13.1. The van der Waals surface area contributed by atoms with E-state index in [1.165, 1.54) is 4.90 Å². The molecule has 2 N–H and O–H groups in total. The molecule has 9 rings (SSSR count). The Morgan fingerprint density at radius 1 is 0.925 bits per heavy atom. The van der Waals surface area contributed by atoms with E-state index in [1.54, 1.807) is 18.2 Å². The second-order valence-corrected chi connectivity index (χ2v) is 17.9. The van der Waals surface area contributed by atoms with E-state index < -0.39 is 17.9 Å². The number of carbonyl (C=O) groups is 5. The molecule has 2 fully saturated rings. The van der Waals surface area contributed by atoms with Crippen molar-refractivity contribution in [3.05, 3.63) is 112 Å². The lowest BCUT2D eigenvalue weighted by atomic mass is 9.98. The van der Waals surface area contributed by atoms with Gasteiger partial charge in [0.25, 0.3) is 5.91 Å². The summed E-state index contributed by atoms with van der Waals surface area (Å²) < 4.78 is 15.5. The Balaban J connectivity index is 0.000000231. The van der Waals surface area contributed by atoms with Crippen LogP contribution in [0.4, 0.5) is 0 Å². The summed E-state index contributed by atoms with van der Waals surface area (Å²) in [5.74, 6) is -0.654. The van der Waals surface area contributed by atoms with Gasteiger partial charge in [0.1, 0.15) is 29.8 Å². The smallest absolute Gasteiger partial charge is 0.352 e. The first kappa shape index (κ1) is 47.0. The number of amides is 3. The minimum absolute atomic E-state index is 0.0942. The number of hydrogen-bond donors (Lipinski definition) is 2. The predicted octanol–water partition coefficient (Wildman–Crippen LogP) is 6.84. The molecule has 2 aromatic heterocycles. The molecule has 350 valence electrons. The first-order valence-electron chi connectivity index (χ1n) is 22.7. The highest BCUT2D eigenvalue weighted by molar-refractivity contribution is 6.35. The largest absolute Gasteiger partial charge is 0.493 e. The van der Waals surface area contributed by atoms with Gasteiger partial charge in [0.05, 0.1) is 29.4 Å². The van der Waals surface area contributed by atoms with E-state index in [2.05, 4.69) is 52.4 Å². The molecule has 2 saturated heterocycles. The van der Waals surface area contributed by atoms with Gasteiger partial charge in [0.2, 0.25) is 11.8 Å². The van der Waals surface area contributed by atoms with Crippen LogP contribution in [0.1, 0.15) is 69.5 Å². The van der Waals surface area contributed by atoms with Crippen molar-refractivity contribution in [2.24, 2.45) is 7.05 Å². The Labute approximate surface area is 394 Å². The summed E-state index contributed by atoms with van der Waals surface area (Å²) in [5, 5.41) is 21.4. The third kappa shape index (κ3) is 9.54. The van der Waals surface area contributed by atoms with E-state index in [0.29, 0.717) is 72.3 Å². The van der Waals surface area contributed by atoms with Crippen molar-refractivity contribution in [1.82, 2.24) is 34.4 Å². The average Bonchev–Trinajstić information content (AvgIpc) is 3.90. The molecule has 2 atom stereocenters. The van der Waals surface area contributed by atoms with Crippen LogP contribution in [-0.4, -0.2) is 123 Å². The zero-order valence-corrected chi connectivity index (χ0v) is 39.3. The summed E-state index contributed by atoms with van der Waals surface area (Å²) in [6.07, 6.45) is 2.39. The fourth-order valence-corrected chi connectivity index (χ4v) is 10.1. The number of benzene rings is 4. The molecule has 3 amide bonds. The molecule has 4 aromatic carbocycles. The molecule has 2 unspecified atom stereocenters. The fourth-order valence-electron chi connectivity index (χ4n) is 9.89. The number of aldehydes is 1. The third-order valence-electron chi connectivity index (χ3n) is 13.2. The maximum absolute atomic E-state index is 13.1. The van der Waals surface area contributed by atoms with Crippen molar-refractivity contribution in [1.29, 1.82) is 0 Å². The number of piperazine rings is 1. The number of likely N-dealkylation sites (N-methyl/N-ethyl adjacent to an activating group) is 1. The number of aromatic carboxylic acids is 1. The summed E-state index contributed by atoms with van der Waals surface area (Å²) in [7, 11) is 4.08. The second kappa shape index (κ2) is 20.1. The van der Waals surface area contributed by atoms with Gasteiger partial charge in [0, 0.05) is 91.0 Å². The van der Waals surface area contributed by atoms with Gasteiger partial charge in [0.15, 0.2) is 6.29 Å². The highest BCUT2D eigenvalue weighted by Crippen LogP contribution is 2.42. The van der Waals surface area contributed by atoms with Crippen LogP contribution in [0.15, 0.2) is 72.8 Å². The molecule has 0 bridgehead atoms. The number of aromatic nitrogens is 3. The zero-order valence-electron chi connectivity index (χ0n) is 38.5. The monoisotopic (exact) mass is 929 g/mol. The Morgan fingerprint density at radius 2 is 1.69 bits per heavy atom. The molecular weight excluding hydrogens is 874 g/mol. The van der Waals surface area contributed by atoms with Crippen molar-refractivity contribution in [2.45, 2.75) is 71.6 Å². The van der Waals surface area contributed by atoms with Gasteiger partial charge in [-0.15, -0.1) is 0 Å². The van der Waals surface area contributed by atoms with Gasteiger partial charge in [-0.2, -0.15) is 5.10 Å². The Hall–Kier alpha value is -6.55. The number of ether oxygens (including phenoxy) is 2. The maximum Gasteiger partial charge on any atom is 0.352 e. The number of imide groups is 1. The molecular formula is C51H56ClN7O8. The molecule has 0 aliphatic carbocycles. The van der Waals surface area contributed by atoms with Crippen LogP contribution in [-0.2, 0) is 40.9 Å². The molecule has 3 aliphatic heterocycles. The first-order valence-corrected chi connectivity index (χ1v) is 23.1. The van der Waals surface area contributed by atoms with Crippen molar-refractivity contribution in [3.63, 3.8) is 0 Å². The molecule has 15 nitrogen and oxygen atoms in total. The van der Waals surface area contributed by atoms with Gasteiger partial charge in [-0.05, 0) is 82.3 Å². The average molecular weight is 931 g/mol. The number of carbonyl (C=O) groups excluding carboxylic acids is 4. The highest BCUT2D eigenvalue weighted by Gasteiger charge is 2.40. The van der Waals surface area contributed by atoms with Crippen LogP contribution in [0.5, 0.6) is 11.5 Å². The van der Waals surface area contributed by atoms with E-state index >= 15 is 0 Å². The van der Waals surface area contributed by atoms with Crippen molar-refractivity contribution in [3.8, 4) is 22.6 Å². The molecule has 5 heterocycles. The topological polar surface area (TPSA) is 169 Å². The molecule has 3 aliphatic rings. The molecule has 0 spiro atoms. The van der Waals surface area contributed by atoms with E-state index in [4.69, 9.17) is 21.1 Å². The van der Waals surface area contributed by atoms with Crippen LogP contribution in [0.3, 0.4) is 0 Å². The summed E-state index contributed by atoms with van der Waals surface area (Å²) in [6, 6.07) is 22.9. The van der Waals surface area contributed by atoms with Gasteiger partial charge < -0.3 is 28.9 Å².